The van der Waals surface area contributed by atoms with Gasteiger partial charge in [0.05, 0.1) is 11.0 Å². The molecule has 1 aliphatic rings. The summed E-state index contributed by atoms with van der Waals surface area (Å²) >= 11 is 7.11. The molecule has 21 heavy (non-hydrogen) atoms. The number of nitrogens with zero attached hydrogens (tertiary/aromatic N) is 2. The van der Waals surface area contributed by atoms with Gasteiger partial charge in [0, 0.05) is 35.0 Å². The Morgan fingerprint density at radius 2 is 2.33 bits per heavy atom. The maximum Gasteiger partial charge on any atom is 0.410 e. The maximum atomic E-state index is 12.3. The van der Waals surface area contributed by atoms with Crippen molar-refractivity contribution in [3.05, 3.63) is 15.5 Å². The number of rotatable bonds is 3. The summed E-state index contributed by atoms with van der Waals surface area (Å²) in [7, 11) is -1.03. The van der Waals surface area contributed by atoms with E-state index in [2.05, 4.69) is 4.98 Å². The molecule has 5 nitrogen and oxygen atoms in total. The average Bonchev–Trinajstić information content (AvgIpc) is 2.96. The van der Waals surface area contributed by atoms with Crippen LogP contribution < -0.4 is 0 Å². The Labute approximate surface area is 136 Å². The molecule has 2 heterocycles. The zero-order valence-electron chi connectivity index (χ0n) is 12.3. The molecule has 118 valence electrons. The van der Waals surface area contributed by atoms with Gasteiger partial charge in [0.2, 0.25) is 0 Å². The summed E-state index contributed by atoms with van der Waals surface area (Å²) in [6.07, 6.45) is 2.06. The van der Waals surface area contributed by atoms with Crippen LogP contribution in [-0.2, 0) is 21.3 Å². The van der Waals surface area contributed by atoms with Gasteiger partial charge in [-0.3, -0.25) is 4.21 Å². The normalized spacial score (nSPS) is 20.6. The Kier molecular flexibility index (Phi) is 5.27. The molecule has 0 spiro atoms. The van der Waals surface area contributed by atoms with E-state index >= 15 is 0 Å². The van der Waals surface area contributed by atoms with E-state index in [1.54, 1.807) is 11.1 Å². The van der Waals surface area contributed by atoms with E-state index in [9.17, 15) is 9.00 Å². The van der Waals surface area contributed by atoms with Crippen molar-refractivity contribution < 1.29 is 13.7 Å². The summed E-state index contributed by atoms with van der Waals surface area (Å²) in [5.74, 6) is 0.442. The highest BCUT2D eigenvalue weighted by atomic mass is 35.5. The minimum absolute atomic E-state index is 0.0154. The first-order chi connectivity index (χ1) is 9.74. The molecule has 1 saturated heterocycles. The lowest BCUT2D eigenvalue weighted by Gasteiger charge is -2.24. The molecule has 1 aromatic rings. The molecule has 1 amide bonds. The largest absolute Gasteiger partial charge is 0.444 e. The van der Waals surface area contributed by atoms with E-state index in [-0.39, 0.29) is 11.3 Å². The molecular formula is C13H19ClN2O3S2. The monoisotopic (exact) mass is 350 g/mol. The summed E-state index contributed by atoms with van der Waals surface area (Å²) in [6, 6.07) is 0. The first kappa shape index (κ1) is 16.7. The molecule has 2 atom stereocenters. The fourth-order valence-electron chi connectivity index (χ4n) is 2.04. The minimum Gasteiger partial charge on any atom is -0.444 e. The van der Waals surface area contributed by atoms with Gasteiger partial charge in [-0.05, 0) is 27.2 Å². The van der Waals surface area contributed by atoms with Crippen molar-refractivity contribution in [1.82, 2.24) is 9.88 Å². The van der Waals surface area contributed by atoms with Crippen LogP contribution in [0.5, 0.6) is 0 Å². The van der Waals surface area contributed by atoms with Gasteiger partial charge >= 0.3 is 6.09 Å². The van der Waals surface area contributed by atoms with Gasteiger partial charge in [0.25, 0.3) is 0 Å². The number of likely N-dealkylation sites (tertiary alicyclic amines) is 1. The van der Waals surface area contributed by atoms with Crippen LogP contribution in [-0.4, -0.2) is 44.1 Å². The highest BCUT2D eigenvalue weighted by Gasteiger charge is 2.32. The molecule has 0 bridgehead atoms. The molecule has 0 aliphatic carbocycles. The van der Waals surface area contributed by atoms with Crippen LogP contribution in [0, 0.1) is 0 Å². The summed E-state index contributed by atoms with van der Waals surface area (Å²) in [5, 5.41) is -0.0154. The SMILES string of the molecule is CC(C)(C)OC(=O)N1CC[C@H]([S@@](=O)Cc2cnc(Cl)s2)C1. The topological polar surface area (TPSA) is 59.5 Å². The predicted molar refractivity (Wildman–Crippen MR) is 85.2 cm³/mol. The molecule has 1 aromatic heterocycles. The van der Waals surface area contributed by atoms with Crippen molar-refractivity contribution in [2.75, 3.05) is 13.1 Å². The Balaban J connectivity index is 1.87. The maximum absolute atomic E-state index is 12.3. The minimum atomic E-state index is -1.03. The first-order valence-electron chi connectivity index (χ1n) is 6.70. The van der Waals surface area contributed by atoms with Crippen LogP contribution in [0.4, 0.5) is 4.79 Å². The molecular weight excluding hydrogens is 332 g/mol. The fourth-order valence-corrected chi connectivity index (χ4v) is 4.71. The third kappa shape index (κ3) is 4.93. The van der Waals surface area contributed by atoms with Crippen molar-refractivity contribution >= 4 is 39.8 Å². The number of halogens is 1. The van der Waals surface area contributed by atoms with E-state index in [4.69, 9.17) is 16.3 Å². The summed E-state index contributed by atoms with van der Waals surface area (Å²) < 4.78 is 18.1. The quantitative estimate of drug-likeness (QED) is 0.840. The van der Waals surface area contributed by atoms with E-state index < -0.39 is 16.4 Å². The number of thiazole rings is 1. The van der Waals surface area contributed by atoms with Gasteiger partial charge in [-0.2, -0.15) is 0 Å². The summed E-state index contributed by atoms with van der Waals surface area (Å²) in [5.41, 5.74) is -0.506. The number of amides is 1. The van der Waals surface area contributed by atoms with Crippen LogP contribution in [0.15, 0.2) is 6.20 Å². The van der Waals surface area contributed by atoms with E-state index in [0.717, 1.165) is 11.3 Å². The predicted octanol–water partition coefficient (Wildman–Crippen LogP) is 3.05. The van der Waals surface area contributed by atoms with Crippen LogP contribution >= 0.6 is 22.9 Å². The molecule has 0 radical (unpaired) electrons. The van der Waals surface area contributed by atoms with E-state index in [1.807, 2.05) is 20.8 Å². The zero-order chi connectivity index (χ0) is 15.6. The Morgan fingerprint density at radius 1 is 1.62 bits per heavy atom. The second-order valence-electron chi connectivity index (χ2n) is 5.94. The lowest BCUT2D eigenvalue weighted by molar-refractivity contribution is 0.0295. The standard InChI is InChI=1S/C13H19ClN2O3S2/c1-13(2,3)19-12(17)16-5-4-10(7-16)21(18)8-9-6-15-11(14)20-9/h6,10H,4-5,7-8H2,1-3H3/t10-,21-/m0/s1. The number of ether oxygens (including phenoxy) is 1. The van der Waals surface area contributed by atoms with Gasteiger partial charge < -0.3 is 9.64 Å². The van der Waals surface area contributed by atoms with Crippen molar-refractivity contribution in [1.29, 1.82) is 0 Å². The molecule has 0 N–H and O–H groups in total. The van der Waals surface area contributed by atoms with E-state index in [1.165, 1.54) is 11.3 Å². The Hall–Kier alpha value is -0.660. The van der Waals surface area contributed by atoms with Crippen LogP contribution in [0.1, 0.15) is 32.1 Å². The first-order valence-corrected chi connectivity index (χ1v) is 9.27. The molecule has 2 rings (SSSR count). The number of hydrogen-bond acceptors (Lipinski definition) is 5. The van der Waals surface area contributed by atoms with Crippen molar-refractivity contribution in [3.8, 4) is 0 Å². The third-order valence-corrected chi connectivity index (χ3v) is 6.00. The van der Waals surface area contributed by atoms with Crippen LogP contribution in [0.2, 0.25) is 4.47 Å². The number of carbonyl (C=O) groups excluding carboxylic acids is 1. The second kappa shape index (κ2) is 6.62. The molecule has 0 unspecified atom stereocenters. The smallest absolute Gasteiger partial charge is 0.410 e. The Bertz CT molecular complexity index is 542. The Morgan fingerprint density at radius 3 is 2.90 bits per heavy atom. The fraction of sp³-hybridized carbons (Fsp3) is 0.692. The van der Waals surface area contributed by atoms with Crippen molar-refractivity contribution in [2.45, 2.75) is 43.8 Å². The summed E-state index contributed by atoms with van der Waals surface area (Å²) in [6.45, 7) is 6.58. The zero-order valence-corrected chi connectivity index (χ0v) is 14.7. The van der Waals surface area contributed by atoms with Crippen molar-refractivity contribution in [2.24, 2.45) is 0 Å². The van der Waals surface area contributed by atoms with Crippen molar-refractivity contribution in [3.63, 3.8) is 0 Å². The number of hydrogen-bond donors (Lipinski definition) is 0. The molecule has 1 aliphatic heterocycles. The number of carbonyl (C=O) groups is 1. The van der Waals surface area contributed by atoms with Gasteiger partial charge in [0.1, 0.15) is 5.60 Å². The van der Waals surface area contributed by atoms with Gasteiger partial charge in [-0.1, -0.05) is 11.6 Å². The van der Waals surface area contributed by atoms with Crippen LogP contribution in [0.3, 0.4) is 0 Å². The lowest BCUT2D eigenvalue weighted by atomic mass is 10.2. The van der Waals surface area contributed by atoms with E-state index in [0.29, 0.717) is 23.3 Å². The molecule has 8 heteroatoms. The highest BCUT2D eigenvalue weighted by molar-refractivity contribution is 7.85. The lowest BCUT2D eigenvalue weighted by Crippen LogP contribution is -2.36. The van der Waals surface area contributed by atoms with Gasteiger partial charge in [-0.25, -0.2) is 9.78 Å². The average molecular weight is 351 g/mol. The molecule has 0 saturated carbocycles. The van der Waals surface area contributed by atoms with Gasteiger partial charge in [0.15, 0.2) is 4.47 Å². The molecule has 1 fully saturated rings. The number of aromatic nitrogens is 1. The summed E-state index contributed by atoms with van der Waals surface area (Å²) in [4.78, 5) is 18.5. The molecule has 0 aromatic carbocycles. The van der Waals surface area contributed by atoms with Gasteiger partial charge in [-0.15, -0.1) is 11.3 Å². The highest BCUT2D eigenvalue weighted by Crippen LogP contribution is 2.23. The third-order valence-electron chi connectivity index (χ3n) is 2.98. The second-order valence-corrected chi connectivity index (χ2v) is 9.36. The van der Waals surface area contributed by atoms with Crippen LogP contribution in [0.25, 0.3) is 0 Å².